The van der Waals surface area contributed by atoms with E-state index in [0.29, 0.717) is 36.0 Å². The highest BCUT2D eigenvalue weighted by Crippen LogP contribution is 2.39. The molecule has 7 heteroatoms. The van der Waals surface area contributed by atoms with Crippen molar-refractivity contribution >= 4 is 11.8 Å². The number of carbonyl (C=O) groups is 2. The zero-order valence-corrected chi connectivity index (χ0v) is 19.2. The maximum atomic E-state index is 13.1. The van der Waals surface area contributed by atoms with E-state index in [1.165, 1.54) is 19.1 Å². The lowest BCUT2D eigenvalue weighted by atomic mass is 10.1. The quantitative estimate of drug-likeness (QED) is 0.660. The Morgan fingerprint density at radius 1 is 1.00 bits per heavy atom. The molecule has 0 aliphatic carbocycles. The Morgan fingerprint density at radius 2 is 1.58 bits per heavy atom. The predicted molar refractivity (Wildman–Crippen MR) is 120 cm³/mol. The van der Waals surface area contributed by atoms with Gasteiger partial charge in [0.15, 0.2) is 11.5 Å². The molecule has 0 heterocycles. The topological polar surface area (TPSA) is 77.1 Å². The summed E-state index contributed by atoms with van der Waals surface area (Å²) >= 11 is 0. The fourth-order valence-electron chi connectivity index (χ4n) is 3.02. The van der Waals surface area contributed by atoms with Crippen molar-refractivity contribution in [3.8, 4) is 17.2 Å². The Bertz CT molecular complexity index is 866. The molecule has 0 radical (unpaired) electrons. The Balaban J connectivity index is 2.25. The van der Waals surface area contributed by atoms with Crippen molar-refractivity contribution in [2.75, 3.05) is 27.3 Å². The van der Waals surface area contributed by atoms with Gasteiger partial charge in [0.05, 0.1) is 20.8 Å². The van der Waals surface area contributed by atoms with Crippen LogP contribution in [0, 0.1) is 0 Å². The first-order valence-electron chi connectivity index (χ1n) is 10.2. The van der Waals surface area contributed by atoms with Crippen molar-refractivity contribution in [3.05, 3.63) is 53.6 Å². The van der Waals surface area contributed by atoms with Crippen LogP contribution in [-0.2, 0) is 11.4 Å². The van der Waals surface area contributed by atoms with Gasteiger partial charge < -0.3 is 24.4 Å². The van der Waals surface area contributed by atoms with Gasteiger partial charge in [-0.25, -0.2) is 0 Å². The van der Waals surface area contributed by atoms with Gasteiger partial charge in [0.1, 0.15) is 6.61 Å². The summed E-state index contributed by atoms with van der Waals surface area (Å²) in [5.41, 5.74) is 0.976. The van der Waals surface area contributed by atoms with Crippen LogP contribution in [0.2, 0.25) is 0 Å². The van der Waals surface area contributed by atoms with Gasteiger partial charge >= 0.3 is 0 Å². The second-order valence-corrected chi connectivity index (χ2v) is 8.10. The molecule has 2 aromatic rings. The van der Waals surface area contributed by atoms with E-state index in [1.54, 1.807) is 12.1 Å². The molecular weight excluding hydrogens is 396 g/mol. The maximum Gasteiger partial charge on any atom is 0.254 e. The summed E-state index contributed by atoms with van der Waals surface area (Å²) in [7, 11) is 3.01. The van der Waals surface area contributed by atoms with Crippen LogP contribution >= 0.6 is 0 Å². The number of hydrogen-bond donors (Lipinski definition) is 1. The van der Waals surface area contributed by atoms with Gasteiger partial charge in [0, 0.05) is 17.6 Å². The van der Waals surface area contributed by atoms with E-state index in [2.05, 4.69) is 5.32 Å². The summed E-state index contributed by atoms with van der Waals surface area (Å²) in [6, 6.07) is 12.9. The van der Waals surface area contributed by atoms with E-state index in [0.717, 1.165) is 5.56 Å². The molecule has 0 atom stereocenters. The van der Waals surface area contributed by atoms with Gasteiger partial charge in [-0.2, -0.15) is 0 Å². The standard InChI is InChI=1S/C24H32N2O5/c1-7-26(15-21(27)25-24(2,3)4)23(28)18-13-19(29-5)22(20(14-18)30-6)31-16-17-11-9-8-10-12-17/h8-14H,7,15-16H2,1-6H3,(H,25,27). The zero-order valence-electron chi connectivity index (χ0n) is 19.2. The lowest BCUT2D eigenvalue weighted by Gasteiger charge is -2.25. The van der Waals surface area contributed by atoms with Gasteiger partial charge in [-0.1, -0.05) is 30.3 Å². The van der Waals surface area contributed by atoms with Crippen LogP contribution in [0.3, 0.4) is 0 Å². The molecule has 1 N–H and O–H groups in total. The first kappa shape index (κ1) is 24.1. The lowest BCUT2D eigenvalue weighted by Crippen LogP contribution is -2.47. The molecule has 2 aromatic carbocycles. The van der Waals surface area contributed by atoms with Gasteiger partial charge in [0.2, 0.25) is 11.7 Å². The highest BCUT2D eigenvalue weighted by atomic mass is 16.5. The maximum absolute atomic E-state index is 13.1. The average Bonchev–Trinajstić information content (AvgIpc) is 2.74. The minimum absolute atomic E-state index is 0.0382. The normalized spacial score (nSPS) is 10.9. The van der Waals surface area contributed by atoms with Crippen LogP contribution in [0.5, 0.6) is 17.2 Å². The number of amides is 2. The summed E-state index contributed by atoms with van der Waals surface area (Å²) in [6.07, 6.45) is 0. The van der Waals surface area contributed by atoms with E-state index < -0.39 is 0 Å². The van der Waals surface area contributed by atoms with E-state index in [4.69, 9.17) is 14.2 Å². The molecule has 0 aromatic heterocycles. The number of nitrogens with zero attached hydrogens (tertiary/aromatic N) is 1. The van der Waals surface area contributed by atoms with Crippen LogP contribution in [0.1, 0.15) is 43.6 Å². The highest BCUT2D eigenvalue weighted by molar-refractivity contribution is 5.97. The molecule has 0 fully saturated rings. The van der Waals surface area contributed by atoms with Crippen LogP contribution in [0.25, 0.3) is 0 Å². The SMILES string of the molecule is CCN(CC(=O)NC(C)(C)C)C(=O)c1cc(OC)c(OCc2ccccc2)c(OC)c1. The molecule has 0 spiro atoms. The van der Waals surface area contributed by atoms with Crippen LogP contribution in [0.15, 0.2) is 42.5 Å². The van der Waals surface area contributed by atoms with E-state index in [9.17, 15) is 9.59 Å². The van der Waals surface area contributed by atoms with Crippen molar-refractivity contribution < 1.29 is 23.8 Å². The number of nitrogens with one attached hydrogen (secondary N) is 1. The lowest BCUT2D eigenvalue weighted by molar-refractivity contribution is -0.123. The monoisotopic (exact) mass is 428 g/mol. The number of benzene rings is 2. The number of rotatable bonds is 9. The molecule has 31 heavy (non-hydrogen) atoms. The largest absolute Gasteiger partial charge is 0.493 e. The molecule has 0 aliphatic heterocycles. The predicted octanol–water partition coefficient (Wildman–Crippen LogP) is 3.66. The van der Waals surface area contributed by atoms with Gasteiger partial charge in [-0.05, 0) is 45.4 Å². The van der Waals surface area contributed by atoms with Crippen molar-refractivity contribution in [2.24, 2.45) is 0 Å². The third-order valence-corrected chi connectivity index (χ3v) is 4.45. The zero-order chi connectivity index (χ0) is 23.0. The third kappa shape index (κ3) is 6.91. The number of hydrogen-bond acceptors (Lipinski definition) is 5. The van der Waals surface area contributed by atoms with Gasteiger partial charge in [0.25, 0.3) is 5.91 Å². The second-order valence-electron chi connectivity index (χ2n) is 8.10. The summed E-state index contributed by atoms with van der Waals surface area (Å²) in [5.74, 6) is 0.670. The Morgan fingerprint density at radius 3 is 2.06 bits per heavy atom. The second kappa shape index (κ2) is 10.7. The number of carbonyl (C=O) groups excluding carboxylic acids is 2. The molecule has 0 aliphatic rings. The molecule has 2 rings (SSSR count). The summed E-state index contributed by atoms with van der Waals surface area (Å²) in [6.45, 7) is 8.19. The molecule has 0 saturated carbocycles. The van der Waals surface area contributed by atoms with Crippen molar-refractivity contribution in [3.63, 3.8) is 0 Å². The molecule has 0 saturated heterocycles. The van der Waals surface area contributed by atoms with Crippen LogP contribution in [0.4, 0.5) is 0 Å². The molecule has 0 unspecified atom stereocenters. The van der Waals surface area contributed by atoms with E-state index >= 15 is 0 Å². The highest BCUT2D eigenvalue weighted by Gasteiger charge is 2.23. The first-order chi connectivity index (χ1) is 14.7. The molecular formula is C24H32N2O5. The van der Waals surface area contributed by atoms with Crippen molar-refractivity contribution in [1.29, 1.82) is 0 Å². The average molecular weight is 429 g/mol. The molecule has 7 nitrogen and oxygen atoms in total. The molecule has 168 valence electrons. The van der Waals surface area contributed by atoms with Crippen molar-refractivity contribution in [1.82, 2.24) is 10.2 Å². The Hall–Kier alpha value is -3.22. The number of ether oxygens (including phenoxy) is 3. The number of methoxy groups -OCH3 is 2. The molecule has 0 bridgehead atoms. The van der Waals surface area contributed by atoms with Crippen LogP contribution in [-0.4, -0.2) is 49.6 Å². The van der Waals surface area contributed by atoms with Crippen LogP contribution < -0.4 is 19.5 Å². The Labute approximate surface area is 184 Å². The summed E-state index contributed by atoms with van der Waals surface area (Å²) < 4.78 is 16.9. The minimum atomic E-state index is -0.371. The van der Waals surface area contributed by atoms with E-state index in [1.807, 2.05) is 58.0 Å². The van der Waals surface area contributed by atoms with Crippen molar-refractivity contribution in [2.45, 2.75) is 39.8 Å². The van der Waals surface area contributed by atoms with Gasteiger partial charge in [-0.15, -0.1) is 0 Å². The number of likely N-dealkylation sites (N-methyl/N-ethyl adjacent to an activating group) is 1. The summed E-state index contributed by atoms with van der Waals surface area (Å²) in [5, 5.41) is 2.87. The minimum Gasteiger partial charge on any atom is -0.493 e. The smallest absolute Gasteiger partial charge is 0.254 e. The first-order valence-corrected chi connectivity index (χ1v) is 10.2. The fraction of sp³-hybridized carbons (Fsp3) is 0.417. The third-order valence-electron chi connectivity index (χ3n) is 4.45. The summed E-state index contributed by atoms with van der Waals surface area (Å²) in [4.78, 5) is 26.9. The Kier molecular flexibility index (Phi) is 8.30. The van der Waals surface area contributed by atoms with E-state index in [-0.39, 0.29) is 23.9 Å². The fourth-order valence-corrected chi connectivity index (χ4v) is 3.02. The molecule has 2 amide bonds. The van der Waals surface area contributed by atoms with Gasteiger partial charge in [-0.3, -0.25) is 9.59 Å².